The average molecular weight is 307 g/mol. The summed E-state index contributed by atoms with van der Waals surface area (Å²) in [5.41, 5.74) is 1.23. The van der Waals surface area contributed by atoms with Crippen LogP contribution in [0.3, 0.4) is 0 Å². The van der Waals surface area contributed by atoms with Gasteiger partial charge in [0.05, 0.1) is 6.54 Å². The highest BCUT2D eigenvalue weighted by atomic mass is 35.5. The van der Waals surface area contributed by atoms with E-state index in [1.54, 1.807) is 0 Å². The monoisotopic (exact) mass is 306 g/mol. The van der Waals surface area contributed by atoms with E-state index in [0.29, 0.717) is 6.04 Å². The van der Waals surface area contributed by atoms with E-state index in [0.717, 1.165) is 30.4 Å². The number of imidazole rings is 1. The van der Waals surface area contributed by atoms with Gasteiger partial charge in [-0.15, -0.1) is 0 Å². The van der Waals surface area contributed by atoms with Crippen LogP contribution in [0.1, 0.15) is 23.9 Å². The fraction of sp³-hybridized carbons (Fsp3) is 0.438. The molecule has 5 heteroatoms. The van der Waals surface area contributed by atoms with E-state index in [-0.39, 0.29) is 0 Å². The van der Waals surface area contributed by atoms with E-state index >= 15 is 0 Å². The van der Waals surface area contributed by atoms with Crippen LogP contribution in [0.4, 0.5) is 0 Å². The highest BCUT2D eigenvalue weighted by Gasteiger charge is 2.12. The Morgan fingerprint density at radius 1 is 1.43 bits per heavy atom. The molecule has 1 atom stereocenters. The Labute approximate surface area is 131 Å². The minimum absolute atomic E-state index is 0.313. The van der Waals surface area contributed by atoms with Gasteiger partial charge in [0.1, 0.15) is 5.82 Å². The van der Waals surface area contributed by atoms with Gasteiger partial charge in [-0.1, -0.05) is 23.7 Å². The molecular formula is C16H23ClN4. The normalized spacial score (nSPS) is 12.8. The van der Waals surface area contributed by atoms with Crippen molar-refractivity contribution in [3.8, 4) is 0 Å². The average Bonchev–Trinajstić information content (AvgIpc) is 2.85. The molecule has 0 fully saturated rings. The molecule has 21 heavy (non-hydrogen) atoms. The van der Waals surface area contributed by atoms with Gasteiger partial charge in [0, 0.05) is 37.1 Å². The largest absolute Gasteiger partial charge is 0.337 e. The van der Waals surface area contributed by atoms with Gasteiger partial charge in [0.2, 0.25) is 0 Å². The lowest BCUT2D eigenvalue weighted by Gasteiger charge is -2.21. The van der Waals surface area contributed by atoms with Gasteiger partial charge in [-0.05, 0) is 38.2 Å². The molecule has 114 valence electrons. The molecule has 1 aromatic heterocycles. The van der Waals surface area contributed by atoms with Crippen LogP contribution >= 0.6 is 11.6 Å². The first-order chi connectivity index (χ1) is 10.1. The fourth-order valence-electron chi connectivity index (χ4n) is 2.42. The Hall–Kier alpha value is -1.36. The summed E-state index contributed by atoms with van der Waals surface area (Å²) in [4.78, 5) is 6.65. The molecule has 0 bridgehead atoms. The summed E-state index contributed by atoms with van der Waals surface area (Å²) in [5, 5.41) is 4.15. The highest BCUT2D eigenvalue weighted by molar-refractivity contribution is 6.30. The zero-order valence-corrected chi connectivity index (χ0v) is 13.6. The van der Waals surface area contributed by atoms with Gasteiger partial charge in [0.25, 0.3) is 0 Å². The van der Waals surface area contributed by atoms with Crippen LogP contribution in [-0.4, -0.2) is 35.1 Å². The molecule has 0 aliphatic rings. The molecule has 1 heterocycles. The van der Waals surface area contributed by atoms with Crippen molar-refractivity contribution in [2.75, 3.05) is 20.6 Å². The number of aromatic nitrogens is 2. The van der Waals surface area contributed by atoms with Crippen molar-refractivity contribution in [3.05, 3.63) is 53.1 Å². The molecule has 2 rings (SSSR count). The minimum Gasteiger partial charge on any atom is -0.337 e. The predicted octanol–water partition coefficient (Wildman–Crippen LogP) is 2.86. The number of benzene rings is 1. The molecular weight excluding hydrogens is 284 g/mol. The number of aryl methyl sites for hydroxylation is 1. The molecule has 1 N–H and O–H groups in total. The molecule has 2 aromatic rings. The van der Waals surface area contributed by atoms with E-state index < -0.39 is 0 Å². The van der Waals surface area contributed by atoms with Gasteiger partial charge < -0.3 is 9.88 Å². The maximum absolute atomic E-state index is 6.07. The number of hydrogen-bond donors (Lipinski definition) is 1. The van der Waals surface area contributed by atoms with Crippen LogP contribution in [0.25, 0.3) is 0 Å². The minimum atomic E-state index is 0.313. The van der Waals surface area contributed by atoms with Crippen molar-refractivity contribution in [1.29, 1.82) is 0 Å². The van der Waals surface area contributed by atoms with Crippen molar-refractivity contribution < 1.29 is 0 Å². The molecule has 1 unspecified atom stereocenters. The molecule has 0 aliphatic heterocycles. The number of nitrogens with zero attached hydrogens (tertiary/aromatic N) is 3. The number of hydrogen-bond acceptors (Lipinski definition) is 3. The lowest BCUT2D eigenvalue weighted by atomic mass is 10.0. The van der Waals surface area contributed by atoms with Gasteiger partial charge in [-0.2, -0.15) is 0 Å². The summed E-state index contributed by atoms with van der Waals surface area (Å²) in [6, 6.07) is 8.37. The first-order valence-corrected chi connectivity index (χ1v) is 7.55. The van der Waals surface area contributed by atoms with Gasteiger partial charge in [-0.25, -0.2) is 4.98 Å². The second kappa shape index (κ2) is 7.59. The Balaban J connectivity index is 1.89. The quantitative estimate of drug-likeness (QED) is 0.854. The third-order valence-corrected chi connectivity index (χ3v) is 3.97. The summed E-state index contributed by atoms with van der Waals surface area (Å²) in [7, 11) is 6.14. The van der Waals surface area contributed by atoms with E-state index in [4.69, 9.17) is 11.6 Å². The Morgan fingerprint density at radius 3 is 2.86 bits per heavy atom. The van der Waals surface area contributed by atoms with Gasteiger partial charge in [0.15, 0.2) is 0 Å². The summed E-state index contributed by atoms with van der Waals surface area (Å²) in [6.45, 7) is 1.85. The summed E-state index contributed by atoms with van der Waals surface area (Å²) < 4.78 is 2.06. The predicted molar refractivity (Wildman–Crippen MR) is 87.4 cm³/mol. The zero-order chi connectivity index (χ0) is 15.2. The van der Waals surface area contributed by atoms with Crippen LogP contribution in [-0.2, 0) is 13.6 Å². The molecule has 4 nitrogen and oxygen atoms in total. The lowest BCUT2D eigenvalue weighted by Crippen LogP contribution is -2.26. The van der Waals surface area contributed by atoms with E-state index in [9.17, 15) is 0 Å². The Morgan fingerprint density at radius 2 is 2.24 bits per heavy atom. The second-order valence-electron chi connectivity index (χ2n) is 5.38. The van der Waals surface area contributed by atoms with Crippen molar-refractivity contribution in [2.24, 2.45) is 7.05 Å². The van der Waals surface area contributed by atoms with E-state index in [1.807, 2.05) is 44.7 Å². The van der Waals surface area contributed by atoms with Crippen LogP contribution in [0.15, 0.2) is 36.7 Å². The molecule has 0 saturated carbocycles. The molecule has 0 aliphatic carbocycles. The highest BCUT2D eigenvalue weighted by Crippen LogP contribution is 2.20. The summed E-state index contributed by atoms with van der Waals surface area (Å²) in [5.74, 6) is 1.08. The smallest absolute Gasteiger partial charge is 0.122 e. The summed E-state index contributed by atoms with van der Waals surface area (Å²) in [6.07, 6.45) is 4.84. The van der Waals surface area contributed by atoms with E-state index in [2.05, 4.69) is 32.9 Å². The zero-order valence-electron chi connectivity index (χ0n) is 12.9. The van der Waals surface area contributed by atoms with Crippen molar-refractivity contribution >= 4 is 11.6 Å². The van der Waals surface area contributed by atoms with Crippen LogP contribution in [0.2, 0.25) is 5.02 Å². The first-order valence-electron chi connectivity index (χ1n) is 7.17. The number of halogens is 1. The SMILES string of the molecule is CNC(CCN(C)Cc1nccn1C)c1cccc(Cl)c1. The van der Waals surface area contributed by atoms with Crippen molar-refractivity contribution in [1.82, 2.24) is 19.8 Å². The van der Waals surface area contributed by atoms with Crippen molar-refractivity contribution in [3.63, 3.8) is 0 Å². The third-order valence-electron chi connectivity index (χ3n) is 3.73. The van der Waals surface area contributed by atoms with Crippen LogP contribution in [0.5, 0.6) is 0 Å². The standard InChI is InChI=1S/C16H23ClN4/c1-18-15(13-5-4-6-14(17)11-13)7-9-20(2)12-16-19-8-10-21(16)3/h4-6,8,10-11,15,18H,7,9,12H2,1-3H3. The lowest BCUT2D eigenvalue weighted by molar-refractivity contribution is 0.294. The molecule has 0 radical (unpaired) electrons. The number of nitrogens with one attached hydrogen (secondary N) is 1. The molecule has 0 spiro atoms. The Kier molecular flexibility index (Phi) is 5.79. The third kappa shape index (κ3) is 4.56. The summed E-state index contributed by atoms with van der Waals surface area (Å²) >= 11 is 6.07. The Bertz CT molecular complexity index is 567. The maximum Gasteiger partial charge on any atom is 0.122 e. The molecule has 1 aromatic carbocycles. The van der Waals surface area contributed by atoms with Gasteiger partial charge in [-0.3, -0.25) is 4.90 Å². The fourth-order valence-corrected chi connectivity index (χ4v) is 2.62. The first kappa shape index (κ1) is 16.0. The maximum atomic E-state index is 6.07. The number of rotatable bonds is 7. The van der Waals surface area contributed by atoms with Gasteiger partial charge >= 0.3 is 0 Å². The second-order valence-corrected chi connectivity index (χ2v) is 5.81. The van der Waals surface area contributed by atoms with Crippen LogP contribution < -0.4 is 5.32 Å². The topological polar surface area (TPSA) is 33.1 Å². The van der Waals surface area contributed by atoms with E-state index in [1.165, 1.54) is 5.56 Å². The van der Waals surface area contributed by atoms with Crippen LogP contribution in [0, 0.1) is 0 Å². The van der Waals surface area contributed by atoms with Crippen molar-refractivity contribution in [2.45, 2.75) is 19.0 Å². The molecule has 0 saturated heterocycles. The molecule has 0 amide bonds.